The van der Waals surface area contributed by atoms with Gasteiger partial charge in [0.25, 0.3) is 0 Å². The van der Waals surface area contributed by atoms with Gasteiger partial charge in [-0.3, -0.25) is 9.58 Å². The van der Waals surface area contributed by atoms with E-state index in [1.165, 1.54) is 11.3 Å². The largest absolute Gasteiger partial charge is 0.389 e. The van der Waals surface area contributed by atoms with E-state index in [1.807, 2.05) is 24.9 Å². The smallest absolute Gasteiger partial charge is 0.227 e. The normalized spacial score (nSPS) is 22.4. The molecule has 9 heteroatoms. The molecular formula is C22H29N7O2. The maximum Gasteiger partial charge on any atom is 0.227 e. The van der Waals surface area contributed by atoms with Crippen molar-refractivity contribution in [3.63, 3.8) is 0 Å². The average molecular weight is 424 g/mol. The van der Waals surface area contributed by atoms with Gasteiger partial charge in [0.05, 0.1) is 48.5 Å². The standard InChI is InChI=1S/C22H29N7O2/c1-14-8-16-10-23-22(26-18-11-24-27(3)15(18)2)25-17(16)9-19(14)28-4-6-29(7-5-28)20-12-31-13-21(20)30/h8-11,20-21,30H,4-7,12-13H2,1-3H3,(H,23,25,26). The molecule has 2 saturated heterocycles. The number of aromatic nitrogens is 4. The van der Waals surface area contributed by atoms with Crippen molar-refractivity contribution in [3.8, 4) is 0 Å². The van der Waals surface area contributed by atoms with Crippen molar-refractivity contribution < 1.29 is 9.84 Å². The van der Waals surface area contributed by atoms with Crippen LogP contribution in [0.5, 0.6) is 0 Å². The molecule has 0 radical (unpaired) electrons. The minimum Gasteiger partial charge on any atom is -0.389 e. The summed E-state index contributed by atoms with van der Waals surface area (Å²) in [6.07, 6.45) is 3.28. The number of fused-ring (bicyclic) bond motifs is 1. The Morgan fingerprint density at radius 2 is 1.90 bits per heavy atom. The highest BCUT2D eigenvalue weighted by molar-refractivity contribution is 5.84. The number of aliphatic hydroxyl groups is 1. The SMILES string of the molecule is Cc1cc2cnc(Nc3cnn(C)c3C)nc2cc1N1CCN(C2COCC2O)CC1. The number of hydrogen-bond acceptors (Lipinski definition) is 8. The van der Waals surface area contributed by atoms with Gasteiger partial charge in [0.1, 0.15) is 0 Å². The maximum atomic E-state index is 10.1. The van der Waals surface area contributed by atoms with Gasteiger partial charge in [0.2, 0.25) is 5.95 Å². The van der Waals surface area contributed by atoms with Crippen molar-refractivity contribution >= 4 is 28.2 Å². The van der Waals surface area contributed by atoms with Crippen molar-refractivity contribution in [1.29, 1.82) is 0 Å². The molecule has 2 fully saturated rings. The molecule has 5 rings (SSSR count). The monoisotopic (exact) mass is 423 g/mol. The van der Waals surface area contributed by atoms with E-state index in [0.717, 1.165) is 48.5 Å². The van der Waals surface area contributed by atoms with Crippen molar-refractivity contribution in [2.24, 2.45) is 7.05 Å². The van der Waals surface area contributed by atoms with Crippen molar-refractivity contribution in [1.82, 2.24) is 24.6 Å². The van der Waals surface area contributed by atoms with Crippen LogP contribution in [0.1, 0.15) is 11.3 Å². The Bertz CT molecular complexity index is 1090. The van der Waals surface area contributed by atoms with E-state index in [-0.39, 0.29) is 12.1 Å². The Labute approximate surface area is 181 Å². The van der Waals surface area contributed by atoms with Gasteiger partial charge in [0, 0.05) is 50.5 Å². The third kappa shape index (κ3) is 3.84. The lowest BCUT2D eigenvalue weighted by Crippen LogP contribution is -2.53. The fourth-order valence-corrected chi connectivity index (χ4v) is 4.50. The van der Waals surface area contributed by atoms with Crippen LogP contribution in [0.3, 0.4) is 0 Å². The molecule has 2 aliphatic rings. The topological polar surface area (TPSA) is 91.6 Å². The second-order valence-corrected chi connectivity index (χ2v) is 8.48. The molecule has 4 heterocycles. The van der Waals surface area contributed by atoms with E-state index in [2.05, 4.69) is 44.3 Å². The fourth-order valence-electron chi connectivity index (χ4n) is 4.50. The first kappa shape index (κ1) is 20.2. The summed E-state index contributed by atoms with van der Waals surface area (Å²) in [7, 11) is 1.91. The van der Waals surface area contributed by atoms with Crippen molar-refractivity contribution in [2.75, 3.05) is 49.6 Å². The highest BCUT2D eigenvalue weighted by atomic mass is 16.5. The Morgan fingerprint density at radius 1 is 1.10 bits per heavy atom. The molecule has 0 spiro atoms. The fraction of sp³-hybridized carbons (Fsp3) is 0.500. The van der Waals surface area contributed by atoms with E-state index in [4.69, 9.17) is 9.72 Å². The second kappa shape index (κ2) is 8.07. The lowest BCUT2D eigenvalue weighted by molar-refractivity contribution is 0.0785. The molecule has 3 aromatic rings. The Kier molecular flexibility index (Phi) is 5.25. The summed E-state index contributed by atoms with van der Waals surface area (Å²) < 4.78 is 7.25. The van der Waals surface area contributed by atoms with E-state index in [1.54, 1.807) is 6.20 Å². The molecule has 164 valence electrons. The van der Waals surface area contributed by atoms with Gasteiger partial charge in [-0.25, -0.2) is 9.97 Å². The van der Waals surface area contributed by atoms with Gasteiger partial charge in [0.15, 0.2) is 0 Å². The maximum absolute atomic E-state index is 10.1. The zero-order valence-corrected chi connectivity index (χ0v) is 18.2. The molecular weight excluding hydrogens is 394 g/mol. The summed E-state index contributed by atoms with van der Waals surface area (Å²) in [5, 5.41) is 18.7. The first-order valence-corrected chi connectivity index (χ1v) is 10.8. The van der Waals surface area contributed by atoms with Gasteiger partial charge in [-0.1, -0.05) is 0 Å². The number of nitrogens with one attached hydrogen (secondary N) is 1. The quantitative estimate of drug-likeness (QED) is 0.654. The molecule has 0 bridgehead atoms. The lowest BCUT2D eigenvalue weighted by atomic mass is 10.1. The number of aryl methyl sites for hydroxylation is 2. The van der Waals surface area contributed by atoms with E-state index in [0.29, 0.717) is 19.2 Å². The molecule has 2 atom stereocenters. The third-order valence-electron chi connectivity index (χ3n) is 6.52. The second-order valence-electron chi connectivity index (χ2n) is 8.48. The predicted octanol–water partition coefficient (Wildman–Crippen LogP) is 1.61. The predicted molar refractivity (Wildman–Crippen MR) is 120 cm³/mol. The van der Waals surface area contributed by atoms with Crippen LogP contribution >= 0.6 is 0 Å². The van der Waals surface area contributed by atoms with E-state index >= 15 is 0 Å². The Balaban J connectivity index is 1.35. The molecule has 2 aliphatic heterocycles. The third-order valence-corrected chi connectivity index (χ3v) is 6.52. The highest BCUT2D eigenvalue weighted by Gasteiger charge is 2.33. The van der Waals surface area contributed by atoms with Crippen LogP contribution in [0.25, 0.3) is 10.9 Å². The molecule has 0 aliphatic carbocycles. The van der Waals surface area contributed by atoms with Crippen LogP contribution < -0.4 is 10.2 Å². The number of piperazine rings is 1. The minimum absolute atomic E-state index is 0.122. The van der Waals surface area contributed by atoms with Crippen LogP contribution in [-0.4, -0.2) is 81.3 Å². The summed E-state index contributed by atoms with van der Waals surface area (Å²) in [5.74, 6) is 0.568. The van der Waals surface area contributed by atoms with Crippen LogP contribution in [-0.2, 0) is 11.8 Å². The van der Waals surface area contributed by atoms with Crippen LogP contribution in [0.15, 0.2) is 24.5 Å². The number of aliphatic hydroxyl groups excluding tert-OH is 1. The first-order chi connectivity index (χ1) is 15.0. The average Bonchev–Trinajstić information content (AvgIpc) is 3.34. The summed E-state index contributed by atoms with van der Waals surface area (Å²) in [5.41, 5.74) is 5.28. The van der Waals surface area contributed by atoms with Crippen LogP contribution in [0.4, 0.5) is 17.3 Å². The summed E-state index contributed by atoms with van der Waals surface area (Å²) in [6.45, 7) is 8.89. The number of nitrogens with zero attached hydrogens (tertiary/aromatic N) is 6. The summed E-state index contributed by atoms with van der Waals surface area (Å²) in [4.78, 5) is 14.0. The molecule has 2 N–H and O–H groups in total. The first-order valence-electron chi connectivity index (χ1n) is 10.8. The van der Waals surface area contributed by atoms with Gasteiger partial charge >= 0.3 is 0 Å². The number of rotatable bonds is 4. The van der Waals surface area contributed by atoms with Gasteiger partial charge < -0.3 is 20.1 Å². The van der Waals surface area contributed by atoms with E-state index < -0.39 is 0 Å². The number of benzene rings is 1. The Hall–Kier alpha value is -2.75. The molecule has 2 unspecified atom stereocenters. The Morgan fingerprint density at radius 3 is 2.58 bits per heavy atom. The summed E-state index contributed by atoms with van der Waals surface area (Å²) in [6, 6.07) is 4.44. The molecule has 1 aromatic carbocycles. The highest BCUT2D eigenvalue weighted by Crippen LogP contribution is 2.28. The van der Waals surface area contributed by atoms with Gasteiger partial charge in [-0.15, -0.1) is 0 Å². The number of ether oxygens (including phenoxy) is 1. The molecule has 2 aromatic heterocycles. The van der Waals surface area contributed by atoms with E-state index in [9.17, 15) is 5.11 Å². The van der Waals surface area contributed by atoms with Gasteiger partial charge in [-0.05, 0) is 31.5 Å². The molecule has 31 heavy (non-hydrogen) atoms. The lowest BCUT2D eigenvalue weighted by Gasteiger charge is -2.40. The zero-order valence-electron chi connectivity index (χ0n) is 18.2. The zero-order chi connectivity index (χ0) is 21.5. The summed E-state index contributed by atoms with van der Waals surface area (Å²) >= 11 is 0. The van der Waals surface area contributed by atoms with Crippen LogP contribution in [0, 0.1) is 13.8 Å². The number of hydrogen-bond donors (Lipinski definition) is 2. The number of anilines is 3. The van der Waals surface area contributed by atoms with Crippen molar-refractivity contribution in [3.05, 3.63) is 35.8 Å². The molecule has 0 saturated carbocycles. The van der Waals surface area contributed by atoms with Crippen LogP contribution in [0.2, 0.25) is 0 Å². The molecule has 0 amide bonds. The minimum atomic E-state index is -0.375. The van der Waals surface area contributed by atoms with Crippen molar-refractivity contribution in [2.45, 2.75) is 26.0 Å². The molecule has 9 nitrogen and oxygen atoms in total. The van der Waals surface area contributed by atoms with Gasteiger partial charge in [-0.2, -0.15) is 5.10 Å².